The number of benzene rings is 1. The molecular formula is C27H30N6O4. The monoisotopic (exact) mass is 502 g/mol. The van der Waals surface area contributed by atoms with Crippen molar-refractivity contribution < 1.29 is 14.3 Å². The van der Waals surface area contributed by atoms with Crippen LogP contribution in [0.2, 0.25) is 0 Å². The molecule has 0 saturated carbocycles. The molecule has 0 aliphatic carbocycles. The fourth-order valence-corrected chi connectivity index (χ4v) is 4.02. The van der Waals surface area contributed by atoms with Gasteiger partial charge in [0, 0.05) is 30.0 Å². The van der Waals surface area contributed by atoms with Gasteiger partial charge in [0.25, 0.3) is 5.56 Å². The molecule has 192 valence electrons. The van der Waals surface area contributed by atoms with Crippen LogP contribution in [0.1, 0.15) is 30.8 Å². The van der Waals surface area contributed by atoms with Crippen molar-refractivity contribution in [2.45, 2.75) is 39.3 Å². The maximum absolute atomic E-state index is 13.2. The number of hydrogen-bond donors (Lipinski definition) is 3. The van der Waals surface area contributed by atoms with Crippen molar-refractivity contribution in [3.05, 3.63) is 88.4 Å². The van der Waals surface area contributed by atoms with Gasteiger partial charge < -0.3 is 20.4 Å². The average Bonchev–Trinajstić information content (AvgIpc) is 3.38. The summed E-state index contributed by atoms with van der Waals surface area (Å²) >= 11 is 0. The molecule has 4 rings (SSSR count). The second kappa shape index (κ2) is 11.1. The van der Waals surface area contributed by atoms with Crippen LogP contribution in [0.5, 0.6) is 0 Å². The van der Waals surface area contributed by atoms with Gasteiger partial charge in [-0.15, -0.1) is 0 Å². The number of anilines is 1. The zero-order valence-corrected chi connectivity index (χ0v) is 21.1. The summed E-state index contributed by atoms with van der Waals surface area (Å²) in [6.45, 7) is 5.59. The summed E-state index contributed by atoms with van der Waals surface area (Å²) in [5, 5.41) is 6.83. The second-order valence-electron chi connectivity index (χ2n) is 8.93. The fourth-order valence-electron chi connectivity index (χ4n) is 4.02. The number of aromatic amines is 1. The Labute approximate surface area is 214 Å². The van der Waals surface area contributed by atoms with E-state index in [2.05, 4.69) is 25.6 Å². The number of esters is 1. The number of hydrogen-bond acceptors (Lipinski definition) is 7. The Morgan fingerprint density at radius 2 is 1.92 bits per heavy atom. The quantitative estimate of drug-likeness (QED) is 0.284. The lowest BCUT2D eigenvalue weighted by Crippen LogP contribution is -2.42. The van der Waals surface area contributed by atoms with Crippen LogP contribution in [-0.2, 0) is 32.8 Å². The zero-order valence-electron chi connectivity index (χ0n) is 21.1. The van der Waals surface area contributed by atoms with E-state index >= 15 is 0 Å². The van der Waals surface area contributed by atoms with E-state index < -0.39 is 16.9 Å². The summed E-state index contributed by atoms with van der Waals surface area (Å²) in [6, 6.07) is 13.1. The predicted octanol–water partition coefficient (Wildman–Crippen LogP) is 2.68. The molecule has 37 heavy (non-hydrogen) atoms. The number of H-pyrrole nitrogens is 1. The van der Waals surface area contributed by atoms with Gasteiger partial charge in [-0.1, -0.05) is 30.3 Å². The highest BCUT2D eigenvalue weighted by atomic mass is 16.5. The molecule has 0 aliphatic heterocycles. The van der Waals surface area contributed by atoms with Crippen molar-refractivity contribution >= 4 is 28.6 Å². The zero-order chi connectivity index (χ0) is 26.4. The predicted molar refractivity (Wildman–Crippen MR) is 140 cm³/mol. The lowest BCUT2D eigenvalue weighted by atomic mass is 9.82. The first-order valence-corrected chi connectivity index (χ1v) is 12.0. The smallest absolute Gasteiger partial charge is 0.318 e. The molecule has 10 heteroatoms. The molecule has 4 aromatic rings. The largest absolute Gasteiger partial charge is 0.465 e. The summed E-state index contributed by atoms with van der Waals surface area (Å²) in [4.78, 5) is 50.4. The molecule has 1 amide bonds. The van der Waals surface area contributed by atoms with Crippen LogP contribution < -0.4 is 16.2 Å². The summed E-state index contributed by atoms with van der Waals surface area (Å²) in [5.41, 5.74) is 1.40. The number of ether oxygens (including phenoxy) is 1. The molecule has 1 unspecified atom stereocenters. The molecule has 3 N–H and O–H groups in total. The van der Waals surface area contributed by atoms with Crippen molar-refractivity contribution in [2.75, 3.05) is 18.5 Å². The van der Waals surface area contributed by atoms with Crippen LogP contribution in [-0.4, -0.2) is 44.5 Å². The van der Waals surface area contributed by atoms with Crippen molar-refractivity contribution in [3.8, 4) is 0 Å². The van der Waals surface area contributed by atoms with Gasteiger partial charge >= 0.3 is 5.97 Å². The summed E-state index contributed by atoms with van der Waals surface area (Å²) in [5.74, 6) is -0.699. The Kier molecular flexibility index (Phi) is 7.66. The van der Waals surface area contributed by atoms with E-state index in [1.165, 1.54) is 10.8 Å². The second-order valence-corrected chi connectivity index (χ2v) is 8.93. The van der Waals surface area contributed by atoms with E-state index in [-0.39, 0.29) is 38.0 Å². The number of nitrogens with one attached hydrogen (secondary N) is 3. The summed E-state index contributed by atoms with van der Waals surface area (Å²) in [6.07, 6.45) is 5.06. The molecular weight excluding hydrogens is 472 g/mol. The van der Waals surface area contributed by atoms with Gasteiger partial charge in [-0.05, 0) is 38.5 Å². The average molecular weight is 503 g/mol. The van der Waals surface area contributed by atoms with Gasteiger partial charge in [0.2, 0.25) is 5.91 Å². The van der Waals surface area contributed by atoms with E-state index in [9.17, 15) is 14.4 Å². The number of fused-ring (bicyclic) bond motifs is 1. The molecule has 0 spiro atoms. The van der Waals surface area contributed by atoms with Crippen LogP contribution in [0, 0.1) is 6.92 Å². The standard InChI is InChI=1S/C27H30N6O4/c1-4-37-26(36)27(3,20-8-6-5-7-9-20)17-32-24-25(35)33(18(2)13-31-24)16-23(34)30-14-21-12-19-10-11-28-22(19)15-29-21/h5-13,15,28H,4,14,16-17H2,1-3H3,(H,30,34)(H,31,32). The third-order valence-corrected chi connectivity index (χ3v) is 6.26. The Hall–Kier alpha value is -4.47. The summed E-state index contributed by atoms with van der Waals surface area (Å²) in [7, 11) is 0. The highest BCUT2D eigenvalue weighted by Crippen LogP contribution is 2.26. The lowest BCUT2D eigenvalue weighted by Gasteiger charge is -2.28. The van der Waals surface area contributed by atoms with Crippen molar-refractivity contribution in [1.29, 1.82) is 0 Å². The number of carbonyl (C=O) groups is 2. The highest BCUT2D eigenvalue weighted by molar-refractivity contribution is 5.83. The maximum atomic E-state index is 13.2. The van der Waals surface area contributed by atoms with E-state index in [0.29, 0.717) is 11.4 Å². The van der Waals surface area contributed by atoms with Gasteiger partial charge in [0.15, 0.2) is 5.82 Å². The van der Waals surface area contributed by atoms with Gasteiger partial charge in [-0.2, -0.15) is 0 Å². The Morgan fingerprint density at radius 1 is 1.14 bits per heavy atom. The molecule has 0 bridgehead atoms. The van der Waals surface area contributed by atoms with Crippen LogP contribution >= 0.6 is 0 Å². The SMILES string of the molecule is CCOC(=O)C(C)(CNc1ncc(C)n(CC(=O)NCc2cc3cc[nH]c3cn2)c1=O)c1ccccc1. The number of carbonyl (C=O) groups excluding carboxylic acids is 2. The van der Waals surface area contributed by atoms with E-state index in [1.807, 2.05) is 48.7 Å². The third-order valence-electron chi connectivity index (χ3n) is 6.26. The van der Waals surface area contributed by atoms with Gasteiger partial charge in [0.1, 0.15) is 12.0 Å². The molecule has 0 saturated heterocycles. The number of aromatic nitrogens is 4. The van der Waals surface area contributed by atoms with Crippen molar-refractivity contribution in [1.82, 2.24) is 24.8 Å². The third kappa shape index (κ3) is 5.69. The molecule has 3 heterocycles. The first kappa shape index (κ1) is 25.6. The molecule has 0 radical (unpaired) electrons. The molecule has 1 aromatic carbocycles. The summed E-state index contributed by atoms with van der Waals surface area (Å²) < 4.78 is 6.66. The van der Waals surface area contributed by atoms with E-state index in [0.717, 1.165) is 16.5 Å². The van der Waals surface area contributed by atoms with E-state index in [1.54, 1.807) is 27.0 Å². The number of rotatable bonds is 10. The van der Waals surface area contributed by atoms with Crippen LogP contribution in [0.3, 0.4) is 0 Å². The Balaban J connectivity index is 1.47. The van der Waals surface area contributed by atoms with Gasteiger partial charge in [-0.3, -0.25) is 23.9 Å². The topological polar surface area (TPSA) is 131 Å². The molecule has 3 aromatic heterocycles. The molecule has 10 nitrogen and oxygen atoms in total. The lowest BCUT2D eigenvalue weighted by molar-refractivity contribution is -0.149. The minimum absolute atomic E-state index is 0.0458. The molecule has 0 fully saturated rings. The van der Waals surface area contributed by atoms with Crippen LogP contribution in [0.15, 0.2) is 65.8 Å². The molecule has 0 aliphatic rings. The number of amides is 1. The number of pyridine rings is 1. The van der Waals surface area contributed by atoms with E-state index in [4.69, 9.17) is 4.74 Å². The minimum Gasteiger partial charge on any atom is -0.465 e. The molecule has 1 atom stereocenters. The first-order chi connectivity index (χ1) is 17.8. The minimum atomic E-state index is -1.05. The van der Waals surface area contributed by atoms with Crippen molar-refractivity contribution in [3.63, 3.8) is 0 Å². The fraction of sp³-hybridized carbons (Fsp3) is 0.296. The first-order valence-electron chi connectivity index (χ1n) is 12.0. The Bertz CT molecular complexity index is 1460. The highest BCUT2D eigenvalue weighted by Gasteiger charge is 2.37. The van der Waals surface area contributed by atoms with Crippen LogP contribution in [0.25, 0.3) is 10.9 Å². The number of nitrogens with zero attached hydrogens (tertiary/aromatic N) is 3. The Morgan fingerprint density at radius 3 is 2.68 bits per heavy atom. The van der Waals surface area contributed by atoms with Gasteiger partial charge in [-0.25, -0.2) is 4.98 Å². The van der Waals surface area contributed by atoms with Gasteiger partial charge in [0.05, 0.1) is 30.6 Å². The van der Waals surface area contributed by atoms with Crippen molar-refractivity contribution in [2.24, 2.45) is 0 Å². The normalized spacial score (nSPS) is 12.6. The maximum Gasteiger partial charge on any atom is 0.318 e. The number of aryl methyl sites for hydroxylation is 1. The van der Waals surface area contributed by atoms with Crippen LogP contribution in [0.4, 0.5) is 5.82 Å².